The van der Waals surface area contributed by atoms with E-state index in [1.54, 1.807) is 38.1 Å². The summed E-state index contributed by atoms with van der Waals surface area (Å²) in [6.45, 7) is 8.89. The van der Waals surface area contributed by atoms with Gasteiger partial charge in [0.2, 0.25) is 10.0 Å². The first kappa shape index (κ1) is 16.9. The van der Waals surface area contributed by atoms with Crippen LogP contribution in [0.3, 0.4) is 0 Å². The fraction of sp³-hybridized carbons (Fsp3) is 0.533. The van der Waals surface area contributed by atoms with Gasteiger partial charge in [-0.2, -0.15) is 0 Å². The maximum atomic E-state index is 12.4. The van der Waals surface area contributed by atoms with Crippen LogP contribution < -0.4 is 4.72 Å². The molecule has 1 N–H and O–H groups in total. The van der Waals surface area contributed by atoms with Crippen molar-refractivity contribution in [3.63, 3.8) is 0 Å². The Kier molecular flexibility index (Phi) is 5.48. The van der Waals surface area contributed by atoms with E-state index in [1.165, 1.54) is 6.92 Å². The molecule has 0 bridgehead atoms. The maximum Gasteiger partial charge on any atom is 0.241 e. The number of carbonyl (C=O) groups excluding carboxylic acids is 1. The second kappa shape index (κ2) is 6.50. The smallest absolute Gasteiger partial charge is 0.241 e. The lowest BCUT2D eigenvalue weighted by molar-refractivity contribution is -0.119. The number of rotatable bonds is 6. The molecule has 1 aromatic carbocycles. The Hall–Kier alpha value is -1.20. The van der Waals surface area contributed by atoms with Crippen LogP contribution >= 0.6 is 0 Å². The summed E-state index contributed by atoms with van der Waals surface area (Å²) in [5, 5.41) is 0. The molecule has 0 aromatic heterocycles. The summed E-state index contributed by atoms with van der Waals surface area (Å²) in [7, 11) is -3.60. The zero-order valence-electron chi connectivity index (χ0n) is 12.7. The number of carbonyl (C=O) groups is 1. The van der Waals surface area contributed by atoms with Gasteiger partial charge in [0, 0.05) is 12.0 Å². The average molecular weight is 297 g/mol. The molecule has 1 atom stereocenters. The largest absolute Gasteiger partial charge is 0.299 e. The van der Waals surface area contributed by atoms with Crippen molar-refractivity contribution in [2.75, 3.05) is 0 Å². The van der Waals surface area contributed by atoms with Gasteiger partial charge in [-0.15, -0.1) is 0 Å². The fourth-order valence-corrected chi connectivity index (χ4v) is 3.91. The third kappa shape index (κ3) is 3.90. The summed E-state index contributed by atoms with van der Waals surface area (Å²) in [5.74, 6) is -0.384. The van der Waals surface area contributed by atoms with Crippen LogP contribution in [-0.2, 0) is 14.8 Å². The molecule has 0 aliphatic heterocycles. The lowest BCUT2D eigenvalue weighted by Crippen LogP contribution is -2.32. The maximum absolute atomic E-state index is 12.4. The quantitative estimate of drug-likeness (QED) is 0.878. The summed E-state index contributed by atoms with van der Waals surface area (Å²) in [5.41, 5.74) is 0.572. The standard InChI is InChI=1S/C15H23NO3S/c1-10(2)15(12(5)17)13-8-6-7-9-14(13)20(18,19)16-11(3)4/h6-11,15-16H,1-5H3. The van der Waals surface area contributed by atoms with E-state index in [2.05, 4.69) is 4.72 Å². The predicted octanol–water partition coefficient (Wildman–Crippen LogP) is 2.70. The van der Waals surface area contributed by atoms with Gasteiger partial charge < -0.3 is 0 Å². The second-order valence-corrected chi connectivity index (χ2v) is 7.33. The summed E-state index contributed by atoms with van der Waals surface area (Å²) < 4.78 is 27.4. The Morgan fingerprint density at radius 2 is 1.65 bits per heavy atom. The molecule has 0 radical (unpaired) electrons. The van der Waals surface area contributed by atoms with Gasteiger partial charge in [0.25, 0.3) is 0 Å². The van der Waals surface area contributed by atoms with Gasteiger partial charge in [-0.25, -0.2) is 13.1 Å². The molecule has 0 saturated heterocycles. The number of ketones is 1. The Labute approximate surface area is 121 Å². The summed E-state index contributed by atoms with van der Waals surface area (Å²) >= 11 is 0. The molecule has 0 spiro atoms. The van der Waals surface area contributed by atoms with Crippen LogP contribution in [0, 0.1) is 5.92 Å². The zero-order chi connectivity index (χ0) is 15.5. The molecule has 0 saturated carbocycles. The van der Waals surface area contributed by atoms with E-state index in [-0.39, 0.29) is 22.6 Å². The molecular formula is C15H23NO3S. The number of hydrogen-bond donors (Lipinski definition) is 1. The highest BCUT2D eigenvalue weighted by atomic mass is 32.2. The van der Waals surface area contributed by atoms with E-state index < -0.39 is 15.9 Å². The van der Waals surface area contributed by atoms with E-state index in [0.29, 0.717) is 5.56 Å². The van der Waals surface area contributed by atoms with E-state index >= 15 is 0 Å². The first-order chi connectivity index (χ1) is 9.16. The van der Waals surface area contributed by atoms with Crippen molar-refractivity contribution in [3.8, 4) is 0 Å². The Bertz CT molecular complexity index is 577. The van der Waals surface area contributed by atoms with E-state index in [1.807, 2.05) is 13.8 Å². The van der Waals surface area contributed by atoms with E-state index in [0.717, 1.165) is 0 Å². The van der Waals surface area contributed by atoms with Crippen molar-refractivity contribution in [3.05, 3.63) is 29.8 Å². The van der Waals surface area contributed by atoms with Gasteiger partial charge in [0.15, 0.2) is 0 Å². The zero-order valence-corrected chi connectivity index (χ0v) is 13.5. The molecule has 1 unspecified atom stereocenters. The molecule has 20 heavy (non-hydrogen) atoms. The second-order valence-electron chi connectivity index (χ2n) is 5.65. The molecule has 0 heterocycles. The third-order valence-corrected chi connectivity index (χ3v) is 4.77. The number of sulfonamides is 1. The normalized spacial score (nSPS) is 13.8. The van der Waals surface area contributed by atoms with Crippen molar-refractivity contribution < 1.29 is 13.2 Å². The molecule has 0 aliphatic rings. The molecule has 5 heteroatoms. The Morgan fingerprint density at radius 1 is 1.10 bits per heavy atom. The van der Waals surface area contributed by atoms with Crippen molar-refractivity contribution in [2.45, 2.75) is 51.5 Å². The van der Waals surface area contributed by atoms with Crippen LogP contribution in [0.5, 0.6) is 0 Å². The first-order valence-corrected chi connectivity index (χ1v) is 8.26. The minimum atomic E-state index is -3.60. The minimum absolute atomic E-state index is 0.0211. The molecule has 0 fully saturated rings. The molecule has 0 aliphatic carbocycles. The molecular weight excluding hydrogens is 274 g/mol. The monoisotopic (exact) mass is 297 g/mol. The van der Waals surface area contributed by atoms with Crippen molar-refractivity contribution in [1.29, 1.82) is 0 Å². The highest BCUT2D eigenvalue weighted by Crippen LogP contribution is 2.30. The van der Waals surface area contributed by atoms with Crippen molar-refractivity contribution in [2.24, 2.45) is 5.92 Å². The molecule has 4 nitrogen and oxygen atoms in total. The van der Waals surface area contributed by atoms with Gasteiger partial charge in [-0.05, 0) is 38.3 Å². The first-order valence-electron chi connectivity index (χ1n) is 6.78. The SMILES string of the molecule is CC(=O)C(c1ccccc1S(=O)(=O)NC(C)C)C(C)C. The highest BCUT2D eigenvalue weighted by molar-refractivity contribution is 7.89. The van der Waals surface area contributed by atoms with Gasteiger partial charge in [0.05, 0.1) is 4.90 Å². The highest BCUT2D eigenvalue weighted by Gasteiger charge is 2.28. The van der Waals surface area contributed by atoms with Crippen LogP contribution in [0.15, 0.2) is 29.2 Å². The topological polar surface area (TPSA) is 63.2 Å². The van der Waals surface area contributed by atoms with Crippen LogP contribution in [-0.4, -0.2) is 20.2 Å². The minimum Gasteiger partial charge on any atom is -0.299 e. The third-order valence-electron chi connectivity index (χ3n) is 3.04. The number of nitrogens with one attached hydrogen (secondary N) is 1. The summed E-state index contributed by atoms with van der Waals surface area (Å²) in [4.78, 5) is 12.1. The Morgan fingerprint density at radius 3 is 2.10 bits per heavy atom. The Balaban J connectivity index is 3.41. The molecule has 112 valence electrons. The fourth-order valence-electron chi connectivity index (χ4n) is 2.40. The van der Waals surface area contributed by atoms with E-state index in [9.17, 15) is 13.2 Å². The van der Waals surface area contributed by atoms with Gasteiger partial charge in [-0.3, -0.25) is 4.79 Å². The van der Waals surface area contributed by atoms with Crippen LogP contribution in [0.4, 0.5) is 0 Å². The summed E-state index contributed by atoms with van der Waals surface area (Å²) in [6.07, 6.45) is 0. The van der Waals surface area contributed by atoms with Crippen LogP contribution in [0.25, 0.3) is 0 Å². The lowest BCUT2D eigenvalue weighted by Gasteiger charge is -2.22. The average Bonchev–Trinajstić information content (AvgIpc) is 2.26. The molecule has 1 aromatic rings. The number of hydrogen-bond acceptors (Lipinski definition) is 3. The van der Waals surface area contributed by atoms with Crippen molar-refractivity contribution >= 4 is 15.8 Å². The van der Waals surface area contributed by atoms with E-state index in [4.69, 9.17) is 0 Å². The summed E-state index contributed by atoms with van der Waals surface area (Å²) in [6, 6.07) is 6.53. The number of benzene rings is 1. The van der Waals surface area contributed by atoms with Crippen LogP contribution in [0.2, 0.25) is 0 Å². The van der Waals surface area contributed by atoms with Gasteiger partial charge in [-0.1, -0.05) is 32.0 Å². The lowest BCUT2D eigenvalue weighted by atomic mass is 9.85. The number of Topliss-reactive ketones (excluding diaryl/α,β-unsaturated/α-hetero) is 1. The van der Waals surface area contributed by atoms with Crippen LogP contribution in [0.1, 0.15) is 46.1 Å². The molecule has 0 amide bonds. The van der Waals surface area contributed by atoms with Crippen molar-refractivity contribution in [1.82, 2.24) is 4.72 Å². The van der Waals surface area contributed by atoms with Gasteiger partial charge >= 0.3 is 0 Å². The molecule has 1 rings (SSSR count). The predicted molar refractivity (Wildman–Crippen MR) is 80.2 cm³/mol. The van der Waals surface area contributed by atoms with Gasteiger partial charge in [0.1, 0.15) is 5.78 Å².